The number of ether oxygens (including phenoxy) is 2. The topological polar surface area (TPSA) is 233 Å². The van der Waals surface area contributed by atoms with Gasteiger partial charge in [0.1, 0.15) is 40.7 Å². The number of phenols is 1. The van der Waals surface area contributed by atoms with Crippen LogP contribution < -0.4 is 30.9 Å². The average Bonchev–Trinajstić information content (AvgIpc) is 1.47. The summed E-state index contributed by atoms with van der Waals surface area (Å²) in [5, 5.41) is 35.7. The number of hydrogen-bond acceptors (Lipinski definition) is 15. The minimum Gasteiger partial charge on any atom is -0.508 e. The number of carbonyl (C=O) groups is 4. The number of likely N-dealkylation sites (tertiary alicyclic amines) is 1. The SMILES string of the molecule is CCc1c(F)ccc2cc(O)cc(-c3ncc4c(N5CC6CCC(C5)N6)nc(OCC56CCCC5C(COC(=O)NCCCCCCCCCCC(=O)NC(C(=O)N5C[C@H](O)C[C@H]5C(=O)N[C@@H](C)c5ccc(-c7scnc7C)cc5)C(C)(C)C)CC6)nc4c3F)c12. The number of benzene rings is 3. The van der Waals surface area contributed by atoms with Crippen molar-refractivity contribution >= 4 is 62.6 Å². The van der Waals surface area contributed by atoms with E-state index >= 15 is 8.78 Å². The van der Waals surface area contributed by atoms with Crippen molar-refractivity contribution in [1.29, 1.82) is 0 Å². The third-order valence-corrected chi connectivity index (χ3v) is 21.0. The van der Waals surface area contributed by atoms with Crippen molar-refractivity contribution in [3.63, 3.8) is 0 Å². The lowest BCUT2D eigenvalue weighted by atomic mass is 9.79. The van der Waals surface area contributed by atoms with Crippen molar-refractivity contribution in [2.45, 2.75) is 193 Å². The molecule has 6 N–H and O–H groups in total. The summed E-state index contributed by atoms with van der Waals surface area (Å²) < 4.78 is 45.0. The molecule has 0 spiro atoms. The van der Waals surface area contributed by atoms with Crippen LogP contribution in [0.4, 0.5) is 19.4 Å². The Hall–Kier alpha value is -7.10. The van der Waals surface area contributed by atoms with Crippen molar-refractivity contribution in [2.75, 3.05) is 44.3 Å². The van der Waals surface area contributed by atoms with Gasteiger partial charge in [-0.25, -0.2) is 18.6 Å². The fourth-order valence-electron chi connectivity index (χ4n) is 15.2. The molecule has 2 aliphatic carbocycles. The molecule has 11 rings (SSSR count). The number of nitrogens with zero attached hydrogens (tertiary/aromatic N) is 6. The zero-order valence-corrected chi connectivity index (χ0v) is 54.4. The number of thiazole rings is 1. The largest absolute Gasteiger partial charge is 0.508 e. The lowest BCUT2D eigenvalue weighted by Crippen LogP contribution is -2.57. The van der Waals surface area contributed by atoms with E-state index in [1.165, 1.54) is 17.0 Å². The number of aromatic hydroxyl groups is 1. The van der Waals surface area contributed by atoms with Gasteiger partial charge in [0, 0.05) is 68.3 Å². The summed E-state index contributed by atoms with van der Waals surface area (Å²) >= 11 is 1.58. The van der Waals surface area contributed by atoms with E-state index in [-0.39, 0.29) is 101 Å². The van der Waals surface area contributed by atoms with Gasteiger partial charge in [0.05, 0.1) is 46.8 Å². The molecule has 5 aliphatic rings. The number of aromatic nitrogens is 4. The van der Waals surface area contributed by atoms with E-state index in [1.807, 2.05) is 71.3 Å². The van der Waals surface area contributed by atoms with Crippen LogP contribution in [0.15, 0.2) is 60.2 Å². The Kier molecular flexibility index (Phi) is 20.4. The number of unbranched alkanes of at least 4 members (excludes halogenated alkanes) is 7. The van der Waals surface area contributed by atoms with Gasteiger partial charge < -0.3 is 50.8 Å². The molecule has 3 aromatic carbocycles. The number of amides is 4. The lowest BCUT2D eigenvalue weighted by Gasteiger charge is -2.35. The molecule has 3 saturated heterocycles. The van der Waals surface area contributed by atoms with Crippen LogP contribution in [0.1, 0.15) is 167 Å². The highest BCUT2D eigenvalue weighted by Gasteiger charge is 2.52. The predicted molar refractivity (Wildman–Crippen MR) is 349 cm³/mol. The van der Waals surface area contributed by atoms with Gasteiger partial charge in [0.25, 0.3) is 0 Å². The number of aryl methyl sites for hydroxylation is 2. The first-order valence-corrected chi connectivity index (χ1v) is 34.1. The fraction of sp³-hybridized carbons (Fsp3) is 0.571. The van der Waals surface area contributed by atoms with Crippen molar-refractivity contribution in [2.24, 2.45) is 22.7 Å². The van der Waals surface area contributed by atoms with E-state index in [1.54, 1.807) is 29.7 Å². The lowest BCUT2D eigenvalue weighted by molar-refractivity contribution is -0.144. The van der Waals surface area contributed by atoms with E-state index in [4.69, 9.17) is 19.4 Å². The highest BCUT2D eigenvalue weighted by Crippen LogP contribution is 2.57. The first-order chi connectivity index (χ1) is 43.8. The standard InChI is InChI=1S/C70H90F2N10O8S/c1-7-51-55(71)26-23-45-31-49(83)32-52(58(45)51)60-59(72)61-53(34-74-60)64(81-35-47-24-25-48(36-81)77-47)80-67(79-61)90-39-70-28-16-17-54(70)46(27-29-70)38-89-68(88)73-30-15-13-11-9-8-10-12-14-18-57(85)78-63(69(4,5)6)66(87)82-37-50(84)33-56(82)65(86)76-41(2)43-19-21-44(22-20-43)62-42(3)75-40-91-62/h19-23,26,31-32,34,40-41,46-48,50,54,56,63,77,83-84H,7-18,24-25,27-30,33,35-39H2,1-6H3,(H,73,88)(H,76,86)(H,78,85)/t41-,46?,47?,48?,50+,54?,56-,63?,70?/m0/s1. The number of fused-ring (bicyclic) bond motifs is 5. The second-order valence-electron chi connectivity index (χ2n) is 27.5. The summed E-state index contributed by atoms with van der Waals surface area (Å²) in [6.45, 7) is 14.0. The minimum absolute atomic E-state index is 0.0111. The number of rotatable bonds is 25. The summed E-state index contributed by atoms with van der Waals surface area (Å²) in [4.78, 5) is 77.7. The molecular formula is C70H90F2N10O8S. The quantitative estimate of drug-likeness (QED) is 0.0293. The summed E-state index contributed by atoms with van der Waals surface area (Å²) in [6, 6.07) is 12.5. The molecule has 2 saturated carbocycles. The molecule has 3 aliphatic heterocycles. The number of aliphatic hydroxyl groups is 1. The maximum atomic E-state index is 17.3. The molecule has 3 aromatic heterocycles. The molecular weight excluding hydrogens is 1180 g/mol. The number of phenolic OH excluding ortho intramolecular Hbond substituents is 1. The number of anilines is 1. The van der Waals surface area contributed by atoms with Gasteiger partial charge in [0.2, 0.25) is 17.7 Å². The van der Waals surface area contributed by atoms with Crippen molar-refractivity contribution in [3.05, 3.63) is 88.7 Å². The van der Waals surface area contributed by atoms with Gasteiger partial charge >= 0.3 is 12.1 Å². The predicted octanol–water partition coefficient (Wildman–Crippen LogP) is 11.9. The van der Waals surface area contributed by atoms with Crippen LogP contribution in [-0.4, -0.2) is 129 Å². The monoisotopic (exact) mass is 1270 g/mol. The normalized spacial score (nSPS) is 22.7. The molecule has 91 heavy (non-hydrogen) atoms. The summed E-state index contributed by atoms with van der Waals surface area (Å²) in [7, 11) is 0. The molecule has 18 nitrogen and oxygen atoms in total. The molecule has 21 heteroatoms. The van der Waals surface area contributed by atoms with Crippen molar-refractivity contribution in [1.82, 2.24) is 46.1 Å². The number of β-amino-alcohol motifs (C(OH)–C–C–N with tert-alkyl or cyclic N) is 1. The smallest absolute Gasteiger partial charge is 0.407 e. The van der Waals surface area contributed by atoms with Gasteiger partial charge in [-0.3, -0.25) is 19.4 Å². The van der Waals surface area contributed by atoms with E-state index in [0.29, 0.717) is 73.2 Å². The minimum atomic E-state index is -0.880. The third kappa shape index (κ3) is 14.7. The van der Waals surface area contributed by atoms with Crippen molar-refractivity contribution < 1.29 is 47.6 Å². The second-order valence-corrected chi connectivity index (χ2v) is 28.3. The number of pyridine rings is 1. The van der Waals surface area contributed by atoms with Crippen LogP contribution in [0.3, 0.4) is 0 Å². The second kappa shape index (κ2) is 28.4. The van der Waals surface area contributed by atoms with E-state index < -0.39 is 41.3 Å². The van der Waals surface area contributed by atoms with E-state index in [0.717, 1.165) is 112 Å². The Balaban J connectivity index is 0.595. The van der Waals surface area contributed by atoms with Gasteiger partial charge in [-0.15, -0.1) is 11.3 Å². The molecule has 2 bridgehead atoms. The summed E-state index contributed by atoms with van der Waals surface area (Å²) in [5.41, 5.74) is 4.64. The Morgan fingerprint density at radius 1 is 0.890 bits per heavy atom. The summed E-state index contributed by atoms with van der Waals surface area (Å²) in [5.74, 6) is -1.12. The first kappa shape index (κ1) is 65.4. The maximum absolute atomic E-state index is 17.3. The van der Waals surface area contributed by atoms with Crippen LogP contribution in [-0.2, 0) is 25.5 Å². The van der Waals surface area contributed by atoms with E-state index in [2.05, 4.69) is 36.1 Å². The molecule has 6 aromatic rings. The number of piperazine rings is 1. The number of aliphatic hydroxyl groups excluding tert-OH is 1. The van der Waals surface area contributed by atoms with Crippen LogP contribution in [0, 0.1) is 41.2 Å². The molecule has 4 amide bonds. The van der Waals surface area contributed by atoms with Gasteiger partial charge in [-0.05, 0) is 135 Å². The fourth-order valence-corrected chi connectivity index (χ4v) is 16.0. The zero-order chi connectivity index (χ0) is 64.1. The number of hydrogen-bond donors (Lipinski definition) is 6. The van der Waals surface area contributed by atoms with Gasteiger partial charge in [0.15, 0.2) is 5.82 Å². The Bertz CT molecular complexity index is 3590. The molecule has 6 unspecified atom stereocenters. The summed E-state index contributed by atoms with van der Waals surface area (Å²) in [6.07, 6.45) is 15.4. The Morgan fingerprint density at radius 3 is 2.34 bits per heavy atom. The number of carbonyl (C=O) groups excluding carboxylic acids is 4. The maximum Gasteiger partial charge on any atom is 0.407 e. The van der Waals surface area contributed by atoms with Crippen LogP contribution in [0.5, 0.6) is 11.8 Å². The molecule has 488 valence electrons. The molecule has 9 atom stereocenters. The number of nitrogens with one attached hydrogen (secondary N) is 4. The number of alkyl carbamates (subject to hydrolysis) is 1. The first-order valence-electron chi connectivity index (χ1n) is 33.2. The Labute approximate surface area is 536 Å². The highest BCUT2D eigenvalue weighted by molar-refractivity contribution is 7.13. The van der Waals surface area contributed by atoms with Gasteiger partial charge in [-0.1, -0.05) is 103 Å². The van der Waals surface area contributed by atoms with Gasteiger partial charge in [-0.2, -0.15) is 9.97 Å². The van der Waals surface area contributed by atoms with E-state index in [9.17, 15) is 29.4 Å². The molecule has 6 heterocycles. The van der Waals surface area contributed by atoms with Crippen LogP contribution in [0.25, 0.3) is 43.4 Å². The number of halogens is 2. The average molecular weight is 1270 g/mol. The van der Waals surface area contributed by atoms with Crippen molar-refractivity contribution in [3.8, 4) is 33.5 Å². The van der Waals surface area contributed by atoms with Crippen LogP contribution >= 0.6 is 11.3 Å². The third-order valence-electron chi connectivity index (χ3n) is 20.1. The highest BCUT2D eigenvalue weighted by atomic mass is 32.1. The Morgan fingerprint density at radius 2 is 1.63 bits per heavy atom. The van der Waals surface area contributed by atoms with Crippen LogP contribution in [0.2, 0.25) is 0 Å². The molecule has 5 fully saturated rings. The molecule has 0 radical (unpaired) electrons. The zero-order valence-electron chi connectivity index (χ0n) is 53.6.